The first-order valence-corrected chi connectivity index (χ1v) is 7.01. The third-order valence-corrected chi connectivity index (χ3v) is 4.04. The number of allylic oxidation sites excluding steroid dienone is 1. The lowest BCUT2D eigenvalue weighted by Crippen LogP contribution is -2.40. The molecule has 1 aromatic carbocycles. The topological polar surface area (TPSA) is 38.0 Å². The molecule has 18 heavy (non-hydrogen) atoms. The highest BCUT2D eigenvalue weighted by molar-refractivity contribution is 5.33. The van der Waals surface area contributed by atoms with Gasteiger partial charge in [0.15, 0.2) is 0 Å². The predicted molar refractivity (Wildman–Crippen MR) is 77.3 cm³/mol. The van der Waals surface area contributed by atoms with Crippen molar-refractivity contribution >= 4 is 0 Å². The van der Waals surface area contributed by atoms with Crippen molar-refractivity contribution in [3.8, 4) is 0 Å². The van der Waals surface area contributed by atoms with Gasteiger partial charge in [-0.15, -0.1) is 6.58 Å². The third kappa shape index (κ3) is 3.01. The number of hydrogen-bond acceptors (Lipinski definition) is 2. The van der Waals surface area contributed by atoms with Crippen molar-refractivity contribution in [3.63, 3.8) is 0 Å². The zero-order valence-electron chi connectivity index (χ0n) is 11.1. The summed E-state index contributed by atoms with van der Waals surface area (Å²) in [5.74, 6) is 6.34. The quantitative estimate of drug-likeness (QED) is 0.349. The first-order chi connectivity index (χ1) is 8.86. The lowest BCUT2D eigenvalue weighted by molar-refractivity contribution is 0.372. The van der Waals surface area contributed by atoms with E-state index < -0.39 is 0 Å². The van der Waals surface area contributed by atoms with Gasteiger partial charge in [0.2, 0.25) is 0 Å². The highest BCUT2D eigenvalue weighted by Crippen LogP contribution is 2.35. The Labute approximate surface area is 110 Å². The van der Waals surface area contributed by atoms with Gasteiger partial charge < -0.3 is 0 Å². The highest BCUT2D eigenvalue weighted by atomic mass is 15.2. The van der Waals surface area contributed by atoms with Gasteiger partial charge in [0, 0.05) is 12.0 Å². The van der Waals surface area contributed by atoms with E-state index >= 15 is 0 Å². The minimum atomic E-state index is 0.395. The molecule has 2 unspecified atom stereocenters. The lowest BCUT2D eigenvalue weighted by Gasteiger charge is -2.32. The van der Waals surface area contributed by atoms with E-state index in [2.05, 4.69) is 36.3 Å². The zero-order valence-corrected chi connectivity index (χ0v) is 11.1. The summed E-state index contributed by atoms with van der Waals surface area (Å²) in [4.78, 5) is 0. The summed E-state index contributed by atoms with van der Waals surface area (Å²) < 4.78 is 0. The van der Waals surface area contributed by atoms with Gasteiger partial charge in [-0.2, -0.15) is 0 Å². The van der Waals surface area contributed by atoms with Gasteiger partial charge in [-0.1, -0.05) is 30.3 Å². The van der Waals surface area contributed by atoms with Crippen molar-refractivity contribution in [1.29, 1.82) is 0 Å². The molecule has 1 aliphatic carbocycles. The van der Waals surface area contributed by atoms with Gasteiger partial charge in [0.05, 0.1) is 0 Å². The maximum atomic E-state index is 5.77. The standard InChI is InChI=1S/C16H24N2/c1-2-3-4-12-16(18-17)15-11-7-9-13-8-5-6-10-14(13)15/h2,5-6,8,10,15-16,18H,1,3-4,7,9,11-12,17H2. The second-order valence-corrected chi connectivity index (χ2v) is 5.19. The molecular weight excluding hydrogens is 220 g/mol. The summed E-state index contributed by atoms with van der Waals surface area (Å²) in [7, 11) is 0. The Morgan fingerprint density at radius 3 is 3.06 bits per heavy atom. The van der Waals surface area contributed by atoms with Gasteiger partial charge in [-0.3, -0.25) is 11.3 Å². The maximum absolute atomic E-state index is 5.77. The number of unbranched alkanes of at least 4 members (excludes halogenated alkanes) is 1. The van der Waals surface area contributed by atoms with Crippen LogP contribution in [-0.2, 0) is 6.42 Å². The Bertz CT molecular complexity index is 386. The lowest BCUT2D eigenvalue weighted by atomic mass is 9.77. The second-order valence-electron chi connectivity index (χ2n) is 5.19. The van der Waals surface area contributed by atoms with Gasteiger partial charge in [-0.25, -0.2) is 0 Å². The van der Waals surface area contributed by atoms with Crippen LogP contribution in [0.1, 0.15) is 49.1 Å². The van der Waals surface area contributed by atoms with Crippen molar-refractivity contribution in [1.82, 2.24) is 5.43 Å². The van der Waals surface area contributed by atoms with Crippen LogP contribution in [0.15, 0.2) is 36.9 Å². The van der Waals surface area contributed by atoms with Crippen molar-refractivity contribution < 1.29 is 0 Å². The minimum absolute atomic E-state index is 0.395. The fraction of sp³-hybridized carbons (Fsp3) is 0.500. The first kappa shape index (κ1) is 13.3. The van der Waals surface area contributed by atoms with Crippen LogP contribution in [0.5, 0.6) is 0 Å². The maximum Gasteiger partial charge on any atom is 0.0279 e. The second kappa shape index (κ2) is 6.72. The highest BCUT2D eigenvalue weighted by Gasteiger charge is 2.26. The molecule has 2 heteroatoms. The van der Waals surface area contributed by atoms with Crippen LogP contribution in [0, 0.1) is 0 Å². The van der Waals surface area contributed by atoms with E-state index in [-0.39, 0.29) is 0 Å². The molecule has 1 aromatic rings. The molecule has 2 rings (SSSR count). The SMILES string of the molecule is C=CCCCC(NN)C1CCCc2ccccc21. The van der Waals surface area contributed by atoms with Crippen LogP contribution in [0.2, 0.25) is 0 Å². The predicted octanol–water partition coefficient (Wildman–Crippen LogP) is 3.29. The Morgan fingerprint density at radius 1 is 1.44 bits per heavy atom. The molecule has 0 radical (unpaired) electrons. The molecule has 0 amide bonds. The molecule has 0 saturated carbocycles. The molecule has 0 bridgehead atoms. The molecule has 0 saturated heterocycles. The van der Waals surface area contributed by atoms with Gasteiger partial charge >= 0.3 is 0 Å². The van der Waals surface area contributed by atoms with Crippen LogP contribution in [0.4, 0.5) is 0 Å². The number of benzene rings is 1. The van der Waals surface area contributed by atoms with E-state index in [1.54, 1.807) is 0 Å². The molecule has 0 spiro atoms. The van der Waals surface area contributed by atoms with E-state index in [1.165, 1.54) is 30.4 Å². The van der Waals surface area contributed by atoms with E-state index in [4.69, 9.17) is 5.84 Å². The summed E-state index contributed by atoms with van der Waals surface area (Å²) >= 11 is 0. The molecule has 2 atom stereocenters. The summed E-state index contributed by atoms with van der Waals surface area (Å²) in [5, 5.41) is 0. The number of rotatable bonds is 6. The van der Waals surface area contributed by atoms with Crippen LogP contribution < -0.4 is 11.3 Å². The van der Waals surface area contributed by atoms with Crippen LogP contribution in [0.25, 0.3) is 0 Å². The van der Waals surface area contributed by atoms with Gasteiger partial charge in [0.25, 0.3) is 0 Å². The first-order valence-electron chi connectivity index (χ1n) is 7.01. The number of nitrogens with two attached hydrogens (primary N) is 1. The van der Waals surface area contributed by atoms with Crippen molar-refractivity contribution in [2.75, 3.05) is 0 Å². The van der Waals surface area contributed by atoms with Crippen molar-refractivity contribution in [2.45, 2.75) is 50.5 Å². The number of hydrogen-bond donors (Lipinski definition) is 2. The molecule has 2 nitrogen and oxygen atoms in total. The van der Waals surface area contributed by atoms with E-state index in [0.717, 1.165) is 19.3 Å². The van der Waals surface area contributed by atoms with Gasteiger partial charge in [-0.05, 0) is 49.7 Å². The molecule has 98 valence electrons. The number of nitrogens with one attached hydrogen (secondary N) is 1. The summed E-state index contributed by atoms with van der Waals surface area (Å²) in [6.45, 7) is 3.78. The van der Waals surface area contributed by atoms with E-state index in [1.807, 2.05) is 6.08 Å². The summed E-state index contributed by atoms with van der Waals surface area (Å²) in [5.41, 5.74) is 6.05. The fourth-order valence-corrected chi connectivity index (χ4v) is 3.09. The van der Waals surface area contributed by atoms with Crippen LogP contribution in [0.3, 0.4) is 0 Å². The normalized spacial score (nSPS) is 20.2. The number of fused-ring (bicyclic) bond motifs is 1. The molecule has 1 aliphatic rings. The zero-order chi connectivity index (χ0) is 12.8. The number of hydrazine groups is 1. The average molecular weight is 244 g/mol. The van der Waals surface area contributed by atoms with E-state index in [9.17, 15) is 0 Å². The van der Waals surface area contributed by atoms with Crippen molar-refractivity contribution in [3.05, 3.63) is 48.0 Å². The third-order valence-electron chi connectivity index (χ3n) is 4.04. The number of aryl methyl sites for hydroxylation is 1. The molecular formula is C16H24N2. The van der Waals surface area contributed by atoms with Crippen molar-refractivity contribution in [2.24, 2.45) is 5.84 Å². The monoisotopic (exact) mass is 244 g/mol. The Morgan fingerprint density at radius 2 is 2.28 bits per heavy atom. The molecule has 0 heterocycles. The van der Waals surface area contributed by atoms with Crippen LogP contribution in [-0.4, -0.2) is 6.04 Å². The smallest absolute Gasteiger partial charge is 0.0279 e. The Hall–Kier alpha value is -1.12. The largest absolute Gasteiger partial charge is 0.271 e. The summed E-state index contributed by atoms with van der Waals surface area (Å²) in [6, 6.07) is 9.22. The average Bonchev–Trinajstić information content (AvgIpc) is 2.43. The fourth-order valence-electron chi connectivity index (χ4n) is 3.09. The Balaban J connectivity index is 2.09. The minimum Gasteiger partial charge on any atom is -0.271 e. The van der Waals surface area contributed by atoms with Gasteiger partial charge in [0.1, 0.15) is 0 Å². The molecule has 0 aromatic heterocycles. The van der Waals surface area contributed by atoms with Crippen LogP contribution >= 0.6 is 0 Å². The Kier molecular flexibility index (Phi) is 4.97. The van der Waals surface area contributed by atoms with E-state index in [0.29, 0.717) is 12.0 Å². The molecule has 3 N–H and O–H groups in total. The molecule has 0 fully saturated rings. The molecule has 0 aliphatic heterocycles. The summed E-state index contributed by atoms with van der Waals surface area (Å²) in [6.07, 6.45) is 9.10.